The normalized spacial score (nSPS) is 11.4. The molecule has 0 aliphatic rings. The van der Waals surface area contributed by atoms with Crippen LogP contribution in [0, 0.1) is 5.82 Å². The highest BCUT2D eigenvalue weighted by Gasteiger charge is 2.19. The van der Waals surface area contributed by atoms with Gasteiger partial charge in [0.05, 0.1) is 18.8 Å². The monoisotopic (exact) mass is 456 g/mol. The highest BCUT2D eigenvalue weighted by molar-refractivity contribution is 9.12. The van der Waals surface area contributed by atoms with Crippen molar-refractivity contribution in [3.8, 4) is 0 Å². The lowest BCUT2D eigenvalue weighted by Gasteiger charge is -2.09. The van der Waals surface area contributed by atoms with Gasteiger partial charge in [0, 0.05) is 0 Å². The van der Waals surface area contributed by atoms with Gasteiger partial charge in [-0.05, 0) is 56.1 Å². The molecule has 0 aliphatic heterocycles. The predicted octanol–water partition coefficient (Wildman–Crippen LogP) is 3.31. The molecular weight excluding hydrogens is 451 g/mol. The number of nitrogens with two attached hydrogens (primary N) is 1. The summed E-state index contributed by atoms with van der Waals surface area (Å²) in [5, 5.41) is 7.39. The van der Waals surface area contributed by atoms with E-state index in [0.717, 1.165) is 18.2 Å². The van der Waals surface area contributed by atoms with E-state index in [-0.39, 0.29) is 16.1 Å². The van der Waals surface area contributed by atoms with Gasteiger partial charge in [0.15, 0.2) is 0 Å². The highest BCUT2D eigenvalue weighted by atomic mass is 79.9. The summed E-state index contributed by atoms with van der Waals surface area (Å²) in [4.78, 5) is 11.8. The van der Waals surface area contributed by atoms with Gasteiger partial charge in [-0.15, -0.1) is 11.3 Å². The molecule has 21 heavy (non-hydrogen) atoms. The average molecular weight is 458 g/mol. The summed E-state index contributed by atoms with van der Waals surface area (Å²) in [5.74, 6) is -1.28. The van der Waals surface area contributed by atoms with Gasteiger partial charge in [-0.2, -0.15) is 0 Å². The Labute approximate surface area is 140 Å². The number of halogens is 3. The van der Waals surface area contributed by atoms with Gasteiger partial charge < -0.3 is 5.32 Å². The summed E-state index contributed by atoms with van der Waals surface area (Å²) in [7, 11) is -4.08. The summed E-state index contributed by atoms with van der Waals surface area (Å²) >= 11 is 7.72. The third kappa shape index (κ3) is 3.89. The molecule has 1 aromatic carbocycles. The van der Waals surface area contributed by atoms with Crippen LogP contribution < -0.4 is 10.5 Å². The van der Waals surface area contributed by atoms with E-state index in [2.05, 4.69) is 37.2 Å². The Morgan fingerprint density at radius 1 is 1.29 bits per heavy atom. The minimum Gasteiger partial charge on any atom is -0.321 e. The van der Waals surface area contributed by atoms with Crippen molar-refractivity contribution >= 4 is 64.8 Å². The van der Waals surface area contributed by atoms with Crippen molar-refractivity contribution < 1.29 is 17.6 Å². The van der Waals surface area contributed by atoms with Crippen molar-refractivity contribution in [3.63, 3.8) is 0 Å². The molecule has 2 rings (SSSR count). The number of carbonyl (C=O) groups excluding carboxylic acids is 1. The maximum Gasteiger partial charge on any atom is 0.257 e. The van der Waals surface area contributed by atoms with Crippen molar-refractivity contribution in [2.45, 2.75) is 4.90 Å². The zero-order valence-corrected chi connectivity index (χ0v) is 14.9. The molecular formula is C11H7Br2FN2O3S2. The molecule has 0 radical (unpaired) electrons. The molecule has 0 fully saturated rings. The average Bonchev–Trinajstić information content (AvgIpc) is 2.67. The van der Waals surface area contributed by atoms with E-state index in [4.69, 9.17) is 5.14 Å². The number of hydrogen-bond donors (Lipinski definition) is 2. The minimum atomic E-state index is -4.08. The zero-order chi connectivity index (χ0) is 15.8. The standard InChI is InChI=1S/C11H7Br2FN2O3S2/c12-9-4-6(10(13)20-9)11(17)16-7-3-5(14)1-2-8(7)21(15,18)19/h1-4H,(H,16,17)(H2,15,18,19). The third-order valence-electron chi connectivity index (χ3n) is 2.40. The number of benzene rings is 1. The molecule has 10 heteroatoms. The van der Waals surface area contributed by atoms with Crippen LogP contribution in [0.5, 0.6) is 0 Å². The summed E-state index contributed by atoms with van der Waals surface area (Å²) in [6, 6.07) is 4.40. The lowest BCUT2D eigenvalue weighted by Crippen LogP contribution is -2.18. The van der Waals surface area contributed by atoms with E-state index in [9.17, 15) is 17.6 Å². The molecule has 5 nitrogen and oxygen atoms in total. The van der Waals surface area contributed by atoms with Gasteiger partial charge in [-0.3, -0.25) is 4.79 Å². The number of nitrogens with one attached hydrogen (secondary N) is 1. The van der Waals surface area contributed by atoms with Crippen LogP contribution in [-0.4, -0.2) is 14.3 Å². The number of amides is 1. The fourth-order valence-electron chi connectivity index (χ4n) is 1.53. The van der Waals surface area contributed by atoms with Crippen LogP contribution in [0.25, 0.3) is 0 Å². The van der Waals surface area contributed by atoms with Crippen molar-refractivity contribution in [3.05, 3.63) is 43.2 Å². The lowest BCUT2D eigenvalue weighted by atomic mass is 10.2. The molecule has 0 saturated carbocycles. The van der Waals surface area contributed by atoms with Crippen LogP contribution >= 0.6 is 43.2 Å². The number of hydrogen-bond acceptors (Lipinski definition) is 4. The number of thiophene rings is 1. The topological polar surface area (TPSA) is 89.3 Å². The zero-order valence-electron chi connectivity index (χ0n) is 10.1. The summed E-state index contributed by atoms with van der Waals surface area (Å²) in [6.07, 6.45) is 0. The smallest absolute Gasteiger partial charge is 0.257 e. The molecule has 3 N–H and O–H groups in total. The van der Waals surface area contributed by atoms with Gasteiger partial charge in [0.1, 0.15) is 10.7 Å². The van der Waals surface area contributed by atoms with Crippen LogP contribution in [0.4, 0.5) is 10.1 Å². The number of sulfonamides is 1. The summed E-state index contributed by atoms with van der Waals surface area (Å²) in [5.41, 5.74) is 0.0771. The molecule has 0 bridgehead atoms. The fraction of sp³-hybridized carbons (Fsp3) is 0. The molecule has 0 atom stereocenters. The number of primary sulfonamides is 1. The van der Waals surface area contributed by atoms with E-state index in [1.54, 1.807) is 6.07 Å². The Kier molecular flexibility index (Phi) is 4.83. The van der Waals surface area contributed by atoms with Crippen LogP contribution in [0.2, 0.25) is 0 Å². The Bertz CT molecular complexity index is 821. The van der Waals surface area contributed by atoms with Gasteiger partial charge in [-0.25, -0.2) is 17.9 Å². The molecule has 0 spiro atoms. The van der Waals surface area contributed by atoms with Gasteiger partial charge in [-0.1, -0.05) is 0 Å². The van der Waals surface area contributed by atoms with Gasteiger partial charge >= 0.3 is 0 Å². The SMILES string of the molecule is NS(=O)(=O)c1ccc(F)cc1NC(=O)c1cc(Br)sc1Br. The quantitative estimate of drug-likeness (QED) is 0.740. The van der Waals surface area contributed by atoms with Crippen LogP contribution in [0.1, 0.15) is 10.4 Å². The van der Waals surface area contributed by atoms with Gasteiger partial charge in [0.2, 0.25) is 10.0 Å². The van der Waals surface area contributed by atoms with Crippen LogP contribution in [0.15, 0.2) is 36.7 Å². The van der Waals surface area contributed by atoms with Crippen LogP contribution in [0.3, 0.4) is 0 Å². The number of carbonyl (C=O) groups is 1. The molecule has 1 aromatic heterocycles. The Hall–Kier alpha value is -0.810. The lowest BCUT2D eigenvalue weighted by molar-refractivity contribution is 0.102. The van der Waals surface area contributed by atoms with Crippen molar-refractivity contribution in [1.29, 1.82) is 0 Å². The Balaban J connectivity index is 2.42. The molecule has 1 amide bonds. The molecule has 0 unspecified atom stereocenters. The fourth-order valence-corrected chi connectivity index (χ4v) is 5.00. The largest absolute Gasteiger partial charge is 0.321 e. The predicted molar refractivity (Wildman–Crippen MR) is 85.4 cm³/mol. The molecule has 0 saturated heterocycles. The molecule has 2 aromatic rings. The number of rotatable bonds is 3. The van der Waals surface area contributed by atoms with Crippen molar-refractivity contribution in [2.75, 3.05) is 5.32 Å². The van der Waals surface area contributed by atoms with Crippen molar-refractivity contribution in [1.82, 2.24) is 0 Å². The minimum absolute atomic E-state index is 0.211. The second-order valence-corrected chi connectivity index (χ2v) is 9.16. The summed E-state index contributed by atoms with van der Waals surface area (Å²) < 4.78 is 37.4. The first-order chi connectivity index (χ1) is 9.68. The first-order valence-corrected chi connectivity index (χ1v) is 9.22. The van der Waals surface area contributed by atoms with E-state index >= 15 is 0 Å². The molecule has 0 aliphatic carbocycles. The number of anilines is 1. The second-order valence-electron chi connectivity index (χ2n) is 3.88. The van der Waals surface area contributed by atoms with E-state index < -0.39 is 21.7 Å². The molecule has 112 valence electrons. The Morgan fingerprint density at radius 2 is 1.95 bits per heavy atom. The van der Waals surface area contributed by atoms with Crippen LogP contribution in [-0.2, 0) is 10.0 Å². The third-order valence-corrected chi connectivity index (χ3v) is 5.71. The highest BCUT2D eigenvalue weighted by Crippen LogP contribution is 2.32. The van der Waals surface area contributed by atoms with E-state index in [1.165, 1.54) is 11.3 Å². The maximum atomic E-state index is 13.3. The summed E-state index contributed by atoms with van der Waals surface area (Å²) in [6.45, 7) is 0. The Morgan fingerprint density at radius 3 is 2.48 bits per heavy atom. The molecule has 1 heterocycles. The van der Waals surface area contributed by atoms with Gasteiger partial charge in [0.25, 0.3) is 5.91 Å². The van der Waals surface area contributed by atoms with Crippen molar-refractivity contribution in [2.24, 2.45) is 5.14 Å². The maximum absolute atomic E-state index is 13.3. The van der Waals surface area contributed by atoms with E-state index in [1.807, 2.05) is 0 Å². The first-order valence-electron chi connectivity index (χ1n) is 5.27. The first kappa shape index (κ1) is 16.6. The second kappa shape index (κ2) is 6.13. The van der Waals surface area contributed by atoms with E-state index in [0.29, 0.717) is 7.57 Å².